The van der Waals surface area contributed by atoms with E-state index >= 15 is 0 Å². The van der Waals surface area contributed by atoms with Gasteiger partial charge in [0, 0.05) is 27.5 Å². The van der Waals surface area contributed by atoms with Crippen LogP contribution in [0.15, 0.2) is 109 Å². The second kappa shape index (κ2) is 6.17. The lowest BCUT2D eigenvalue weighted by atomic mass is 9.34. The maximum atomic E-state index is 6.70. The molecule has 0 bridgehead atoms. The van der Waals surface area contributed by atoms with Gasteiger partial charge in [0.1, 0.15) is 11.5 Å². The summed E-state index contributed by atoms with van der Waals surface area (Å²) in [6.07, 6.45) is 0. The Kier molecular flexibility index (Phi) is 3.24. The standard InChI is InChI=1S/C30H18BNO/c1-2-9-19(10-3-1)20-17-18-26-28-30(20)33-27-16-7-5-13-23(27)31(28)24-14-8-12-22-21-11-4-6-15-25(21)32(26)29(22)24/h1-18H. The molecule has 0 atom stereocenters. The van der Waals surface area contributed by atoms with Gasteiger partial charge in [-0.05, 0) is 46.2 Å². The van der Waals surface area contributed by atoms with E-state index in [4.69, 9.17) is 4.74 Å². The molecule has 2 aliphatic rings. The molecule has 0 N–H and O–H groups in total. The van der Waals surface area contributed by atoms with Gasteiger partial charge in [0.25, 0.3) is 6.71 Å². The number of ether oxygens (including phenoxy) is 1. The van der Waals surface area contributed by atoms with Gasteiger partial charge in [-0.25, -0.2) is 0 Å². The molecule has 0 aliphatic carbocycles. The smallest absolute Gasteiger partial charge is 0.256 e. The quantitative estimate of drug-likeness (QED) is 0.326. The van der Waals surface area contributed by atoms with Gasteiger partial charge >= 0.3 is 0 Å². The molecule has 3 heteroatoms. The van der Waals surface area contributed by atoms with Crippen molar-refractivity contribution in [2.45, 2.75) is 0 Å². The second-order valence-corrected chi connectivity index (χ2v) is 8.91. The Bertz CT molecular complexity index is 1750. The van der Waals surface area contributed by atoms with Crippen molar-refractivity contribution < 1.29 is 4.74 Å². The van der Waals surface area contributed by atoms with Gasteiger partial charge in [-0.2, -0.15) is 0 Å². The van der Waals surface area contributed by atoms with Gasteiger partial charge in [0.15, 0.2) is 0 Å². The highest BCUT2D eigenvalue weighted by atomic mass is 16.5. The lowest BCUT2D eigenvalue weighted by molar-refractivity contribution is 0.489. The predicted molar refractivity (Wildman–Crippen MR) is 137 cm³/mol. The Morgan fingerprint density at radius 3 is 2.30 bits per heavy atom. The maximum absolute atomic E-state index is 6.70. The summed E-state index contributed by atoms with van der Waals surface area (Å²) < 4.78 is 9.14. The van der Waals surface area contributed by atoms with E-state index in [-0.39, 0.29) is 6.71 Å². The Hall–Kier alpha value is -4.24. The maximum Gasteiger partial charge on any atom is 0.256 e. The molecular formula is C30H18BNO. The van der Waals surface area contributed by atoms with Gasteiger partial charge in [0.2, 0.25) is 0 Å². The number of para-hydroxylation sites is 3. The van der Waals surface area contributed by atoms with Crippen molar-refractivity contribution in [1.29, 1.82) is 0 Å². The molecule has 0 fully saturated rings. The lowest BCUT2D eigenvalue weighted by Gasteiger charge is -2.34. The molecule has 2 aliphatic heterocycles. The van der Waals surface area contributed by atoms with Gasteiger partial charge in [-0.1, -0.05) is 84.9 Å². The first-order valence-electron chi connectivity index (χ1n) is 11.4. The summed E-state index contributed by atoms with van der Waals surface area (Å²) in [6.45, 7) is 0.143. The first-order valence-corrected chi connectivity index (χ1v) is 11.4. The van der Waals surface area contributed by atoms with E-state index in [0.717, 1.165) is 17.1 Å². The summed E-state index contributed by atoms with van der Waals surface area (Å²) in [6, 6.07) is 39.1. The van der Waals surface area contributed by atoms with Crippen LogP contribution < -0.4 is 21.1 Å². The van der Waals surface area contributed by atoms with E-state index in [1.165, 1.54) is 49.4 Å². The molecule has 0 saturated heterocycles. The van der Waals surface area contributed by atoms with Crippen LogP contribution in [0.5, 0.6) is 11.5 Å². The average molecular weight is 419 g/mol. The summed E-state index contributed by atoms with van der Waals surface area (Å²) in [5.41, 5.74) is 9.93. The topological polar surface area (TPSA) is 14.2 Å². The molecule has 0 saturated carbocycles. The molecular weight excluding hydrogens is 401 g/mol. The minimum atomic E-state index is 0.143. The van der Waals surface area contributed by atoms with Crippen LogP contribution in [0.1, 0.15) is 0 Å². The highest BCUT2D eigenvalue weighted by Crippen LogP contribution is 2.41. The van der Waals surface area contributed by atoms with Crippen LogP contribution in [0.3, 0.4) is 0 Å². The van der Waals surface area contributed by atoms with Crippen LogP contribution >= 0.6 is 0 Å². The molecule has 0 spiro atoms. The Balaban J connectivity index is 1.58. The van der Waals surface area contributed by atoms with Crippen molar-refractivity contribution in [1.82, 2.24) is 4.57 Å². The monoisotopic (exact) mass is 419 g/mol. The Labute approximate surface area is 191 Å². The Morgan fingerprint density at radius 2 is 1.36 bits per heavy atom. The molecule has 2 nitrogen and oxygen atoms in total. The van der Waals surface area contributed by atoms with E-state index in [1.807, 2.05) is 0 Å². The van der Waals surface area contributed by atoms with Crippen molar-refractivity contribution in [3.8, 4) is 28.3 Å². The van der Waals surface area contributed by atoms with Crippen LogP contribution in [0.4, 0.5) is 0 Å². The third kappa shape index (κ3) is 2.14. The van der Waals surface area contributed by atoms with E-state index < -0.39 is 0 Å². The van der Waals surface area contributed by atoms with Crippen molar-refractivity contribution in [2.24, 2.45) is 0 Å². The first-order chi connectivity index (χ1) is 16.4. The third-order valence-electron chi connectivity index (χ3n) is 7.27. The van der Waals surface area contributed by atoms with Crippen LogP contribution in [0.2, 0.25) is 0 Å². The molecule has 3 heterocycles. The fourth-order valence-electron chi connectivity index (χ4n) is 5.95. The number of nitrogens with zero attached hydrogens (tertiary/aromatic N) is 1. The zero-order valence-corrected chi connectivity index (χ0v) is 17.8. The van der Waals surface area contributed by atoms with Crippen molar-refractivity contribution >= 4 is 44.9 Å². The summed E-state index contributed by atoms with van der Waals surface area (Å²) in [7, 11) is 0. The summed E-state index contributed by atoms with van der Waals surface area (Å²) >= 11 is 0. The summed E-state index contributed by atoms with van der Waals surface area (Å²) in [5.74, 6) is 1.92. The van der Waals surface area contributed by atoms with Gasteiger partial charge in [-0.15, -0.1) is 0 Å². The molecule has 0 radical (unpaired) electrons. The summed E-state index contributed by atoms with van der Waals surface area (Å²) in [4.78, 5) is 0. The van der Waals surface area contributed by atoms with E-state index in [0.29, 0.717) is 0 Å². The number of hydrogen-bond donors (Lipinski definition) is 0. The molecule has 0 unspecified atom stereocenters. The molecule has 1 aromatic heterocycles. The number of aromatic nitrogens is 1. The number of rotatable bonds is 1. The van der Waals surface area contributed by atoms with E-state index in [2.05, 4.69) is 114 Å². The van der Waals surface area contributed by atoms with Crippen molar-refractivity contribution in [3.05, 3.63) is 109 Å². The third-order valence-corrected chi connectivity index (χ3v) is 7.27. The van der Waals surface area contributed by atoms with Gasteiger partial charge < -0.3 is 9.30 Å². The highest BCUT2D eigenvalue weighted by Gasteiger charge is 2.41. The van der Waals surface area contributed by atoms with Crippen LogP contribution in [-0.2, 0) is 0 Å². The first kappa shape index (κ1) is 17.3. The number of fused-ring (bicyclic) bond motifs is 7. The van der Waals surface area contributed by atoms with E-state index in [1.54, 1.807) is 0 Å². The second-order valence-electron chi connectivity index (χ2n) is 8.91. The van der Waals surface area contributed by atoms with Crippen LogP contribution in [0, 0.1) is 0 Å². The molecule has 152 valence electrons. The molecule has 33 heavy (non-hydrogen) atoms. The minimum Gasteiger partial charge on any atom is -0.458 e. The lowest BCUT2D eigenvalue weighted by Crippen LogP contribution is -2.58. The minimum absolute atomic E-state index is 0.143. The fraction of sp³-hybridized carbons (Fsp3) is 0. The largest absolute Gasteiger partial charge is 0.458 e. The SMILES string of the molecule is c1ccc(-c2ccc3c4c2Oc2ccccc2B4c2cccc4c5ccccc5n-3c24)cc1. The molecule has 0 amide bonds. The zero-order valence-electron chi connectivity index (χ0n) is 17.8. The van der Waals surface area contributed by atoms with Crippen LogP contribution in [0.25, 0.3) is 38.6 Å². The molecule has 6 aromatic rings. The van der Waals surface area contributed by atoms with Crippen molar-refractivity contribution in [2.75, 3.05) is 0 Å². The molecule has 8 rings (SSSR count). The number of hydrogen-bond acceptors (Lipinski definition) is 1. The van der Waals surface area contributed by atoms with Gasteiger partial charge in [0.05, 0.1) is 5.52 Å². The number of benzene rings is 5. The summed E-state index contributed by atoms with van der Waals surface area (Å²) in [5, 5.41) is 2.61. The highest BCUT2D eigenvalue weighted by molar-refractivity contribution is 6.99. The van der Waals surface area contributed by atoms with Gasteiger partial charge in [-0.3, -0.25) is 0 Å². The molecule has 5 aromatic carbocycles. The normalized spacial score (nSPS) is 13.0. The van der Waals surface area contributed by atoms with E-state index in [9.17, 15) is 0 Å². The van der Waals surface area contributed by atoms with Crippen molar-refractivity contribution in [3.63, 3.8) is 0 Å². The Morgan fingerprint density at radius 1 is 0.606 bits per heavy atom. The predicted octanol–water partition coefficient (Wildman–Crippen LogP) is 5.39. The van der Waals surface area contributed by atoms with Crippen LogP contribution in [-0.4, -0.2) is 11.3 Å². The average Bonchev–Trinajstić information content (AvgIpc) is 3.22. The zero-order chi connectivity index (χ0) is 21.5. The fourth-order valence-corrected chi connectivity index (χ4v) is 5.95.